The van der Waals surface area contributed by atoms with Crippen molar-refractivity contribution in [2.75, 3.05) is 7.11 Å². The van der Waals surface area contributed by atoms with Crippen molar-refractivity contribution < 1.29 is 23.8 Å². The zero-order chi connectivity index (χ0) is 29.8. The molecule has 3 aromatic carbocycles. The largest absolute Gasteiger partial charge is 0.508 e. The van der Waals surface area contributed by atoms with Crippen LogP contribution in [0.25, 0.3) is 5.69 Å². The number of rotatable bonds is 8. The second-order valence-corrected chi connectivity index (χ2v) is 11.3. The van der Waals surface area contributed by atoms with Crippen LogP contribution in [-0.4, -0.2) is 39.9 Å². The third kappa shape index (κ3) is 6.61. The van der Waals surface area contributed by atoms with Crippen LogP contribution in [0.4, 0.5) is 4.39 Å². The molecule has 10 heteroatoms. The summed E-state index contributed by atoms with van der Waals surface area (Å²) in [5.74, 6) is -1.40. The number of phenolic OH excluding ortho intramolecular Hbond substituents is 1. The molecule has 1 aliphatic carbocycles. The summed E-state index contributed by atoms with van der Waals surface area (Å²) in [4.78, 5) is 26.6. The average molecular weight is 611 g/mol. The molecular formula is C32H30Cl2FN3O4. The summed E-state index contributed by atoms with van der Waals surface area (Å²) in [5, 5.41) is 18.1. The Labute approximate surface area is 253 Å². The zero-order valence-corrected chi connectivity index (χ0v) is 24.5. The van der Waals surface area contributed by atoms with Gasteiger partial charge in [0.25, 0.3) is 5.91 Å². The fraction of sp³-hybridized carbons (Fsp3) is 0.281. The number of methoxy groups -OCH3 is 1. The van der Waals surface area contributed by atoms with Gasteiger partial charge in [-0.15, -0.1) is 0 Å². The molecule has 0 fully saturated rings. The number of ether oxygens (including phenoxy) is 1. The van der Waals surface area contributed by atoms with Gasteiger partial charge in [-0.05, 0) is 79.3 Å². The summed E-state index contributed by atoms with van der Waals surface area (Å²) in [7, 11) is 1.26. The molecule has 0 aliphatic heterocycles. The number of hydrogen-bond acceptors (Lipinski definition) is 5. The van der Waals surface area contributed by atoms with Crippen LogP contribution in [0.5, 0.6) is 5.75 Å². The topological polar surface area (TPSA) is 93.4 Å². The van der Waals surface area contributed by atoms with Gasteiger partial charge in [0.1, 0.15) is 17.6 Å². The third-order valence-corrected chi connectivity index (χ3v) is 8.07. The molecule has 4 aromatic rings. The molecular weight excluding hydrogens is 580 g/mol. The van der Waals surface area contributed by atoms with Crippen LogP contribution in [-0.2, 0) is 28.8 Å². The standard InChI is InChI=1S/C32H30Cl2FN3O4/c1-42-32(41)27(17-19-9-12-24(39)13-10-19)36-31(40)29-25-8-3-2-6-21(15-20-5-4-7-23(35)16-20)30(25)38(37-29)28-14-11-22(33)18-26(28)34/h4-5,7,9-14,16,18,21,27,39H,2-3,6,8,15,17H2,1H3,(H,36,40)/t21-,27+/m0/s1. The lowest BCUT2D eigenvalue weighted by molar-refractivity contribution is -0.142. The maximum atomic E-state index is 14.1. The van der Waals surface area contributed by atoms with E-state index in [9.17, 15) is 19.1 Å². The highest BCUT2D eigenvalue weighted by Gasteiger charge is 2.33. The van der Waals surface area contributed by atoms with Crippen molar-refractivity contribution in [3.05, 3.63) is 111 Å². The fourth-order valence-corrected chi connectivity index (χ4v) is 6.04. The van der Waals surface area contributed by atoms with E-state index < -0.39 is 17.9 Å². The van der Waals surface area contributed by atoms with Gasteiger partial charge in [-0.25, -0.2) is 13.9 Å². The summed E-state index contributed by atoms with van der Waals surface area (Å²) in [5.41, 5.74) is 3.94. The minimum Gasteiger partial charge on any atom is -0.508 e. The van der Waals surface area contributed by atoms with Gasteiger partial charge < -0.3 is 15.2 Å². The van der Waals surface area contributed by atoms with Crippen LogP contribution < -0.4 is 5.32 Å². The van der Waals surface area contributed by atoms with Crippen molar-refractivity contribution in [2.45, 2.75) is 50.5 Å². The first kappa shape index (κ1) is 29.6. The van der Waals surface area contributed by atoms with Crippen LogP contribution in [0, 0.1) is 5.82 Å². The second kappa shape index (κ2) is 13.0. The molecule has 0 unspecified atom stereocenters. The Hall–Kier alpha value is -3.88. The molecule has 0 radical (unpaired) electrons. The monoisotopic (exact) mass is 609 g/mol. The third-order valence-electron chi connectivity index (χ3n) is 7.53. The van der Waals surface area contributed by atoms with Gasteiger partial charge in [0, 0.05) is 22.9 Å². The van der Waals surface area contributed by atoms with Crippen LogP contribution in [0.2, 0.25) is 10.0 Å². The number of nitrogens with zero attached hydrogens (tertiary/aromatic N) is 2. The van der Waals surface area contributed by atoms with Gasteiger partial charge in [-0.3, -0.25) is 4.79 Å². The maximum absolute atomic E-state index is 14.1. The summed E-state index contributed by atoms with van der Waals surface area (Å²) in [6.45, 7) is 0. The summed E-state index contributed by atoms with van der Waals surface area (Å²) < 4.78 is 20.8. The lowest BCUT2D eigenvalue weighted by Crippen LogP contribution is -2.43. The Morgan fingerprint density at radius 2 is 1.88 bits per heavy atom. The highest BCUT2D eigenvalue weighted by Crippen LogP contribution is 2.38. The number of aromatic hydroxyl groups is 1. The number of halogens is 3. The number of hydrogen-bond donors (Lipinski definition) is 2. The van der Waals surface area contributed by atoms with Gasteiger partial charge in [0.2, 0.25) is 0 Å². The Morgan fingerprint density at radius 3 is 2.60 bits per heavy atom. The number of esters is 1. The maximum Gasteiger partial charge on any atom is 0.328 e. The molecule has 0 bridgehead atoms. The smallest absolute Gasteiger partial charge is 0.328 e. The van der Waals surface area contributed by atoms with Gasteiger partial charge in [0.05, 0.1) is 23.5 Å². The van der Waals surface area contributed by atoms with Crippen molar-refractivity contribution in [1.82, 2.24) is 15.1 Å². The van der Waals surface area contributed by atoms with E-state index in [1.165, 1.54) is 31.4 Å². The van der Waals surface area contributed by atoms with E-state index in [2.05, 4.69) is 5.32 Å². The van der Waals surface area contributed by atoms with E-state index >= 15 is 0 Å². The van der Waals surface area contributed by atoms with E-state index in [0.717, 1.165) is 41.6 Å². The Bertz CT molecular complexity index is 1610. The molecule has 1 aromatic heterocycles. The van der Waals surface area contributed by atoms with Gasteiger partial charge in [-0.1, -0.05) is 53.9 Å². The second-order valence-electron chi connectivity index (χ2n) is 10.4. The molecule has 1 heterocycles. The zero-order valence-electron chi connectivity index (χ0n) is 22.9. The first-order valence-corrected chi connectivity index (χ1v) is 14.5. The molecule has 7 nitrogen and oxygen atoms in total. The minimum atomic E-state index is -0.985. The van der Waals surface area contributed by atoms with Crippen molar-refractivity contribution in [1.29, 1.82) is 0 Å². The number of fused-ring (bicyclic) bond motifs is 1. The normalized spacial score (nSPS) is 15.4. The predicted octanol–water partition coefficient (Wildman–Crippen LogP) is 6.59. The van der Waals surface area contributed by atoms with Crippen molar-refractivity contribution in [2.24, 2.45) is 0 Å². The number of carbonyl (C=O) groups is 2. The van der Waals surface area contributed by atoms with Crippen molar-refractivity contribution in [3.63, 3.8) is 0 Å². The van der Waals surface area contributed by atoms with E-state index in [4.69, 9.17) is 33.0 Å². The molecule has 218 valence electrons. The van der Waals surface area contributed by atoms with Crippen LogP contribution in [0.1, 0.15) is 58.1 Å². The molecule has 1 aliphatic rings. The first-order valence-electron chi connectivity index (χ1n) is 13.7. The number of carbonyl (C=O) groups excluding carboxylic acids is 2. The van der Waals surface area contributed by atoms with Crippen LogP contribution in [0.3, 0.4) is 0 Å². The fourth-order valence-electron chi connectivity index (χ4n) is 5.55. The van der Waals surface area contributed by atoms with E-state index in [1.807, 2.05) is 6.07 Å². The van der Waals surface area contributed by atoms with E-state index in [0.29, 0.717) is 28.6 Å². The molecule has 2 N–H and O–H groups in total. The minimum absolute atomic E-state index is 0.0708. The molecule has 2 atom stereocenters. The molecule has 0 spiro atoms. The van der Waals surface area contributed by atoms with E-state index in [-0.39, 0.29) is 29.6 Å². The highest BCUT2D eigenvalue weighted by atomic mass is 35.5. The quantitative estimate of drug-likeness (QED) is 0.174. The van der Waals surface area contributed by atoms with Crippen LogP contribution >= 0.6 is 23.2 Å². The number of aromatic nitrogens is 2. The molecule has 5 rings (SSSR count). The Morgan fingerprint density at radius 1 is 1.10 bits per heavy atom. The molecule has 0 saturated heterocycles. The van der Waals surface area contributed by atoms with Crippen molar-refractivity contribution >= 4 is 35.1 Å². The number of phenols is 1. The highest BCUT2D eigenvalue weighted by molar-refractivity contribution is 6.35. The number of amides is 1. The SMILES string of the molecule is COC(=O)[C@@H](Cc1ccc(O)cc1)NC(=O)c1nn(-c2ccc(Cl)cc2Cl)c2c1CCCC[C@H]2Cc1cccc(F)c1. The average Bonchev–Trinajstić information content (AvgIpc) is 3.22. The predicted molar refractivity (Wildman–Crippen MR) is 159 cm³/mol. The van der Waals surface area contributed by atoms with Gasteiger partial charge >= 0.3 is 5.97 Å². The lowest BCUT2D eigenvalue weighted by Gasteiger charge is -2.19. The Kier molecular flexibility index (Phi) is 9.14. The first-order chi connectivity index (χ1) is 20.2. The summed E-state index contributed by atoms with van der Waals surface area (Å²) in [6.07, 6.45) is 3.87. The molecule has 1 amide bonds. The van der Waals surface area contributed by atoms with Crippen molar-refractivity contribution in [3.8, 4) is 11.4 Å². The molecule has 42 heavy (non-hydrogen) atoms. The summed E-state index contributed by atoms with van der Waals surface area (Å²) in [6, 6.07) is 17.0. The van der Waals surface area contributed by atoms with Crippen LogP contribution in [0.15, 0.2) is 66.7 Å². The number of benzene rings is 3. The summed E-state index contributed by atoms with van der Waals surface area (Å²) >= 11 is 12.8. The molecule has 0 saturated carbocycles. The van der Waals surface area contributed by atoms with E-state index in [1.54, 1.807) is 41.1 Å². The Balaban J connectivity index is 1.56. The van der Waals surface area contributed by atoms with Gasteiger partial charge in [-0.2, -0.15) is 5.10 Å². The van der Waals surface area contributed by atoms with Gasteiger partial charge in [0.15, 0.2) is 5.69 Å². The number of nitrogens with one attached hydrogen (secondary N) is 1. The lowest BCUT2D eigenvalue weighted by atomic mass is 9.90.